The summed E-state index contributed by atoms with van der Waals surface area (Å²) in [6.07, 6.45) is 5.85. The molecule has 1 aromatic carbocycles. The fourth-order valence-electron chi connectivity index (χ4n) is 5.35. The minimum atomic E-state index is -0.260. The number of aromatic nitrogens is 4. The number of nitrogens with zero attached hydrogens (tertiary/aromatic N) is 5. The Morgan fingerprint density at radius 2 is 1.92 bits per heavy atom. The van der Waals surface area contributed by atoms with Gasteiger partial charge in [0.2, 0.25) is 5.91 Å². The van der Waals surface area contributed by atoms with Gasteiger partial charge >= 0.3 is 0 Å². The smallest absolute Gasteiger partial charge is 0.236 e. The van der Waals surface area contributed by atoms with Gasteiger partial charge in [0.15, 0.2) is 11.6 Å². The van der Waals surface area contributed by atoms with E-state index in [0.717, 1.165) is 55.8 Å². The van der Waals surface area contributed by atoms with Crippen LogP contribution in [0.2, 0.25) is 5.02 Å². The lowest BCUT2D eigenvalue weighted by Crippen LogP contribution is -2.43. The van der Waals surface area contributed by atoms with Gasteiger partial charge < -0.3 is 10.2 Å². The van der Waals surface area contributed by atoms with Gasteiger partial charge in [0.25, 0.3) is 0 Å². The Morgan fingerprint density at radius 1 is 1.16 bits per heavy atom. The number of carbonyl (C=O) groups excluding carboxylic acids is 1. The standard InChI is InChI=1S/C27H33ClFN7O/c1-17-11-20(13-24-30-15-22(28)27(31-24)32-25-12-18(2)33-34-25)23(29)14-21(17)19-5-9-36(10-6-19)26(37)16-35-7-3-4-8-35/h11-12,14-15,19H,3-10,13,16H2,1-2H3,(H2,30,31,32,33,34). The second kappa shape index (κ2) is 11.1. The van der Waals surface area contributed by atoms with Gasteiger partial charge in [-0.05, 0) is 81.3 Å². The molecule has 2 aromatic heterocycles. The first-order valence-corrected chi connectivity index (χ1v) is 13.3. The number of hydrogen-bond donors (Lipinski definition) is 2. The zero-order valence-electron chi connectivity index (χ0n) is 21.4. The van der Waals surface area contributed by atoms with Gasteiger partial charge in [0.05, 0.1) is 12.7 Å². The molecule has 2 fully saturated rings. The number of amides is 1. The molecule has 2 aliphatic rings. The molecule has 2 N–H and O–H groups in total. The van der Waals surface area contributed by atoms with Crippen molar-refractivity contribution >= 4 is 29.1 Å². The first-order valence-electron chi connectivity index (χ1n) is 12.9. The lowest BCUT2D eigenvalue weighted by molar-refractivity contribution is -0.133. The summed E-state index contributed by atoms with van der Waals surface area (Å²) in [5.74, 6) is 1.70. The Kier molecular flexibility index (Phi) is 7.71. The van der Waals surface area contributed by atoms with Gasteiger partial charge in [-0.1, -0.05) is 17.7 Å². The first-order chi connectivity index (χ1) is 17.9. The highest BCUT2D eigenvalue weighted by molar-refractivity contribution is 6.32. The molecule has 196 valence electrons. The van der Waals surface area contributed by atoms with Crippen LogP contribution in [-0.4, -0.2) is 68.6 Å². The quantitative estimate of drug-likeness (QED) is 0.463. The third-order valence-electron chi connectivity index (χ3n) is 7.38. The Morgan fingerprint density at radius 3 is 2.62 bits per heavy atom. The van der Waals surface area contributed by atoms with Gasteiger partial charge in [-0.2, -0.15) is 5.10 Å². The van der Waals surface area contributed by atoms with Crippen molar-refractivity contribution in [1.29, 1.82) is 0 Å². The molecule has 0 saturated carbocycles. The third kappa shape index (κ3) is 6.10. The number of halogens is 2. The fourth-order valence-corrected chi connectivity index (χ4v) is 5.49. The van der Waals surface area contributed by atoms with Crippen LogP contribution >= 0.6 is 11.6 Å². The topological polar surface area (TPSA) is 90.0 Å². The van der Waals surface area contributed by atoms with Gasteiger partial charge in [0.1, 0.15) is 16.7 Å². The summed E-state index contributed by atoms with van der Waals surface area (Å²) < 4.78 is 15.3. The summed E-state index contributed by atoms with van der Waals surface area (Å²) in [6.45, 7) is 7.95. The minimum absolute atomic E-state index is 0.220. The second-order valence-electron chi connectivity index (χ2n) is 10.2. The van der Waals surface area contributed by atoms with E-state index in [1.807, 2.05) is 30.9 Å². The zero-order chi connectivity index (χ0) is 25.9. The molecule has 4 heterocycles. The third-order valence-corrected chi connectivity index (χ3v) is 7.65. The molecule has 1 amide bonds. The van der Waals surface area contributed by atoms with E-state index < -0.39 is 0 Å². The van der Waals surface area contributed by atoms with Crippen molar-refractivity contribution in [3.8, 4) is 0 Å². The van der Waals surface area contributed by atoms with Crippen LogP contribution in [0.5, 0.6) is 0 Å². The van der Waals surface area contributed by atoms with Gasteiger partial charge in [-0.15, -0.1) is 0 Å². The van der Waals surface area contributed by atoms with Crippen molar-refractivity contribution in [1.82, 2.24) is 30.0 Å². The number of benzene rings is 1. The molecule has 2 saturated heterocycles. The maximum absolute atomic E-state index is 15.3. The van der Waals surface area contributed by atoms with Crippen LogP contribution in [0.4, 0.5) is 16.0 Å². The zero-order valence-corrected chi connectivity index (χ0v) is 22.1. The number of aryl methyl sites for hydroxylation is 2. The summed E-state index contributed by atoms with van der Waals surface area (Å²) >= 11 is 6.26. The predicted octanol–water partition coefficient (Wildman–Crippen LogP) is 4.75. The Labute approximate surface area is 221 Å². The summed E-state index contributed by atoms with van der Waals surface area (Å²) in [5, 5.41) is 10.4. The van der Waals surface area contributed by atoms with Crippen molar-refractivity contribution in [2.24, 2.45) is 0 Å². The number of piperidine rings is 1. The number of hydrogen-bond acceptors (Lipinski definition) is 6. The molecule has 2 aliphatic heterocycles. The van der Waals surface area contributed by atoms with Gasteiger partial charge in [-0.3, -0.25) is 14.8 Å². The van der Waals surface area contributed by atoms with E-state index in [-0.39, 0.29) is 24.1 Å². The monoisotopic (exact) mass is 525 g/mol. The predicted molar refractivity (Wildman–Crippen MR) is 142 cm³/mol. The van der Waals surface area contributed by atoms with E-state index in [1.165, 1.54) is 19.0 Å². The van der Waals surface area contributed by atoms with E-state index >= 15 is 4.39 Å². The Bertz CT molecular complexity index is 1270. The summed E-state index contributed by atoms with van der Waals surface area (Å²) in [7, 11) is 0. The average Bonchev–Trinajstić information content (AvgIpc) is 3.55. The molecular weight excluding hydrogens is 493 g/mol. The fraction of sp³-hybridized carbons (Fsp3) is 0.481. The Hall–Kier alpha value is -3.04. The van der Waals surface area contributed by atoms with Crippen molar-refractivity contribution in [2.45, 2.75) is 51.9 Å². The minimum Gasteiger partial charge on any atom is -0.342 e. The average molecular weight is 526 g/mol. The highest BCUT2D eigenvalue weighted by atomic mass is 35.5. The molecule has 0 unspecified atom stereocenters. The van der Waals surface area contributed by atoms with Crippen molar-refractivity contribution in [3.63, 3.8) is 0 Å². The van der Waals surface area contributed by atoms with Crippen LogP contribution in [0.3, 0.4) is 0 Å². The SMILES string of the molecule is Cc1cc(Nc2nc(Cc3cc(C)c(C4CCN(C(=O)CN5CCCC5)CC4)cc3F)ncc2Cl)n[nH]1. The van der Waals surface area contributed by atoms with E-state index in [0.29, 0.717) is 34.6 Å². The summed E-state index contributed by atoms with van der Waals surface area (Å²) in [5.41, 5.74) is 3.53. The van der Waals surface area contributed by atoms with Crippen molar-refractivity contribution < 1.29 is 9.18 Å². The number of rotatable bonds is 7. The van der Waals surface area contributed by atoms with Crippen LogP contribution in [0.25, 0.3) is 0 Å². The van der Waals surface area contributed by atoms with Crippen LogP contribution in [-0.2, 0) is 11.2 Å². The number of likely N-dealkylation sites (tertiary alicyclic amines) is 2. The van der Waals surface area contributed by atoms with Gasteiger partial charge in [-0.25, -0.2) is 14.4 Å². The molecule has 0 bridgehead atoms. The molecule has 0 atom stereocenters. The van der Waals surface area contributed by atoms with E-state index in [2.05, 4.69) is 30.4 Å². The number of anilines is 2. The number of H-pyrrole nitrogens is 1. The van der Waals surface area contributed by atoms with Crippen LogP contribution in [0, 0.1) is 19.7 Å². The molecule has 0 radical (unpaired) electrons. The number of aromatic amines is 1. The van der Waals surface area contributed by atoms with Crippen LogP contribution < -0.4 is 5.32 Å². The van der Waals surface area contributed by atoms with Crippen LogP contribution in [0.1, 0.15) is 59.8 Å². The molecular formula is C27H33ClFN7O. The molecule has 5 rings (SSSR count). The Balaban J connectivity index is 1.23. The number of carbonyl (C=O) groups is 1. The van der Waals surface area contributed by atoms with E-state index in [4.69, 9.17) is 11.6 Å². The van der Waals surface area contributed by atoms with E-state index in [1.54, 1.807) is 6.07 Å². The lowest BCUT2D eigenvalue weighted by Gasteiger charge is -2.34. The van der Waals surface area contributed by atoms with E-state index in [9.17, 15) is 4.79 Å². The second-order valence-corrected chi connectivity index (χ2v) is 10.6. The molecule has 3 aromatic rings. The molecule has 37 heavy (non-hydrogen) atoms. The lowest BCUT2D eigenvalue weighted by atomic mass is 9.85. The molecule has 0 aliphatic carbocycles. The highest BCUT2D eigenvalue weighted by Crippen LogP contribution is 2.32. The highest BCUT2D eigenvalue weighted by Gasteiger charge is 2.27. The first kappa shape index (κ1) is 25.6. The normalized spacial score (nSPS) is 16.9. The van der Waals surface area contributed by atoms with Crippen molar-refractivity contribution in [3.05, 3.63) is 63.4 Å². The largest absolute Gasteiger partial charge is 0.342 e. The maximum Gasteiger partial charge on any atom is 0.236 e. The summed E-state index contributed by atoms with van der Waals surface area (Å²) in [4.78, 5) is 25.7. The van der Waals surface area contributed by atoms with Gasteiger partial charge in [0, 0.05) is 31.3 Å². The molecule has 10 heteroatoms. The summed E-state index contributed by atoms with van der Waals surface area (Å²) in [6, 6.07) is 5.41. The maximum atomic E-state index is 15.3. The van der Waals surface area contributed by atoms with Crippen molar-refractivity contribution in [2.75, 3.05) is 38.0 Å². The number of nitrogens with one attached hydrogen (secondary N) is 2. The molecule has 8 nitrogen and oxygen atoms in total. The van der Waals surface area contributed by atoms with Crippen LogP contribution in [0.15, 0.2) is 24.4 Å². The molecule has 0 spiro atoms.